The Bertz CT molecular complexity index is 586. The summed E-state index contributed by atoms with van der Waals surface area (Å²) in [6, 6.07) is 4.63. The van der Waals surface area contributed by atoms with E-state index in [0.29, 0.717) is 11.6 Å². The minimum atomic E-state index is -1.30. The van der Waals surface area contributed by atoms with Gasteiger partial charge >= 0.3 is 12.0 Å². The molecule has 0 radical (unpaired) electrons. The maximum atomic E-state index is 13.6. The van der Waals surface area contributed by atoms with Gasteiger partial charge in [0.15, 0.2) is 0 Å². The van der Waals surface area contributed by atoms with Gasteiger partial charge in [0.25, 0.3) is 5.91 Å². The van der Waals surface area contributed by atoms with Crippen molar-refractivity contribution in [3.8, 4) is 0 Å². The molecule has 112 valence electrons. The van der Waals surface area contributed by atoms with Gasteiger partial charge in [-0.25, -0.2) is 14.0 Å². The van der Waals surface area contributed by atoms with Crippen LogP contribution in [0.25, 0.3) is 0 Å². The molecule has 1 rings (SSSR count). The summed E-state index contributed by atoms with van der Waals surface area (Å²) in [6.45, 7) is 1.61. The molecule has 0 spiro atoms. The average Bonchev–Trinajstić information content (AvgIpc) is 2.44. The molecular weight excluding hydrogens is 279 g/mol. The van der Waals surface area contributed by atoms with Gasteiger partial charge in [0.05, 0.1) is 6.04 Å². The summed E-state index contributed by atoms with van der Waals surface area (Å²) >= 11 is 0. The fraction of sp³-hybridized carbons (Fsp3) is 0.214. The van der Waals surface area contributed by atoms with Gasteiger partial charge in [-0.15, -0.1) is 0 Å². The number of imide groups is 1. The van der Waals surface area contributed by atoms with E-state index >= 15 is 0 Å². The summed E-state index contributed by atoms with van der Waals surface area (Å²) < 4.78 is 13.6. The molecule has 0 heterocycles. The fourth-order valence-electron chi connectivity index (χ4n) is 1.58. The second-order valence-corrected chi connectivity index (χ2v) is 4.27. The first-order valence-corrected chi connectivity index (χ1v) is 6.06. The molecule has 0 aromatic heterocycles. The highest BCUT2D eigenvalue weighted by Gasteiger charge is 2.20. The first kappa shape index (κ1) is 16.4. The second-order valence-electron chi connectivity index (χ2n) is 4.27. The Kier molecular flexibility index (Phi) is 5.59. The lowest BCUT2D eigenvalue weighted by Crippen LogP contribution is -2.41. The number of hydrogen-bond acceptors (Lipinski definition) is 3. The van der Waals surface area contributed by atoms with Crippen LogP contribution in [0.1, 0.15) is 18.5 Å². The minimum Gasteiger partial charge on any atom is -0.478 e. The van der Waals surface area contributed by atoms with Gasteiger partial charge in [-0.05, 0) is 13.0 Å². The van der Waals surface area contributed by atoms with E-state index in [1.807, 2.05) is 5.32 Å². The van der Waals surface area contributed by atoms with E-state index in [1.165, 1.54) is 25.2 Å². The van der Waals surface area contributed by atoms with E-state index < -0.39 is 29.8 Å². The van der Waals surface area contributed by atoms with Gasteiger partial charge in [0.2, 0.25) is 0 Å². The predicted molar refractivity (Wildman–Crippen MR) is 72.9 cm³/mol. The number of benzene rings is 1. The van der Waals surface area contributed by atoms with Crippen molar-refractivity contribution in [3.05, 3.63) is 47.8 Å². The van der Waals surface area contributed by atoms with Crippen LogP contribution < -0.4 is 5.32 Å². The Morgan fingerprint density at radius 1 is 1.29 bits per heavy atom. The maximum Gasteiger partial charge on any atom is 0.328 e. The lowest BCUT2D eigenvalue weighted by molar-refractivity contribution is -0.131. The molecule has 7 heteroatoms. The largest absolute Gasteiger partial charge is 0.478 e. The van der Waals surface area contributed by atoms with Gasteiger partial charge in [0.1, 0.15) is 5.82 Å². The number of hydrogen-bond donors (Lipinski definition) is 2. The molecule has 1 aromatic rings. The van der Waals surface area contributed by atoms with Crippen molar-refractivity contribution in [3.63, 3.8) is 0 Å². The summed E-state index contributed by atoms with van der Waals surface area (Å²) in [4.78, 5) is 34.5. The van der Waals surface area contributed by atoms with Crippen molar-refractivity contribution >= 4 is 17.9 Å². The molecule has 6 nitrogen and oxygen atoms in total. The van der Waals surface area contributed by atoms with E-state index in [9.17, 15) is 18.8 Å². The van der Waals surface area contributed by atoms with Crippen molar-refractivity contribution in [2.24, 2.45) is 0 Å². The van der Waals surface area contributed by atoms with Crippen LogP contribution >= 0.6 is 0 Å². The molecule has 3 amide bonds. The summed E-state index contributed by atoms with van der Waals surface area (Å²) in [6.07, 6.45) is 1.34. The Balaban J connectivity index is 2.72. The molecule has 0 bridgehead atoms. The number of halogens is 1. The van der Waals surface area contributed by atoms with Crippen LogP contribution in [0.4, 0.5) is 9.18 Å². The quantitative estimate of drug-likeness (QED) is 0.827. The number of rotatable bonds is 4. The third kappa shape index (κ3) is 4.72. The smallest absolute Gasteiger partial charge is 0.328 e. The predicted octanol–water partition coefficient (Wildman–Crippen LogP) is 1.70. The Morgan fingerprint density at radius 3 is 2.48 bits per heavy atom. The molecule has 0 aliphatic carbocycles. The van der Waals surface area contributed by atoms with Gasteiger partial charge in [0, 0.05) is 24.8 Å². The highest BCUT2D eigenvalue weighted by Crippen LogP contribution is 2.21. The first-order valence-electron chi connectivity index (χ1n) is 6.06. The van der Waals surface area contributed by atoms with E-state index in [-0.39, 0.29) is 0 Å². The molecule has 0 aliphatic rings. The molecular formula is C14H15FN2O4. The molecule has 0 saturated heterocycles. The van der Waals surface area contributed by atoms with E-state index in [4.69, 9.17) is 5.11 Å². The average molecular weight is 294 g/mol. The number of carbonyl (C=O) groups excluding carboxylic acids is 2. The van der Waals surface area contributed by atoms with Crippen LogP contribution in [0.5, 0.6) is 0 Å². The molecule has 1 atom stereocenters. The monoisotopic (exact) mass is 294 g/mol. The number of urea groups is 1. The Hall–Kier alpha value is -2.70. The second kappa shape index (κ2) is 7.18. The highest BCUT2D eigenvalue weighted by molar-refractivity contribution is 6.02. The van der Waals surface area contributed by atoms with Crippen LogP contribution in [0, 0.1) is 5.82 Å². The topological polar surface area (TPSA) is 86.7 Å². The van der Waals surface area contributed by atoms with Crippen LogP contribution in [0.15, 0.2) is 36.4 Å². The normalized spacial score (nSPS) is 12.0. The summed E-state index contributed by atoms with van der Waals surface area (Å²) in [5.74, 6) is -2.62. The summed E-state index contributed by atoms with van der Waals surface area (Å²) in [5.41, 5.74) is 0.309. The van der Waals surface area contributed by atoms with Crippen LogP contribution in [0.3, 0.4) is 0 Å². The van der Waals surface area contributed by atoms with E-state index in [0.717, 1.165) is 11.0 Å². The van der Waals surface area contributed by atoms with Crippen molar-refractivity contribution in [1.29, 1.82) is 0 Å². The van der Waals surface area contributed by atoms with Crippen LogP contribution in [-0.4, -0.2) is 35.0 Å². The number of nitrogens with one attached hydrogen (secondary N) is 1. The molecule has 21 heavy (non-hydrogen) atoms. The number of carboxylic acid groups (broad SMARTS) is 1. The molecule has 0 fully saturated rings. The first-order chi connectivity index (χ1) is 9.82. The summed E-state index contributed by atoms with van der Waals surface area (Å²) in [7, 11) is 1.40. The van der Waals surface area contributed by atoms with E-state index in [1.54, 1.807) is 13.0 Å². The van der Waals surface area contributed by atoms with Gasteiger partial charge in [-0.3, -0.25) is 10.1 Å². The molecule has 1 aromatic carbocycles. The zero-order valence-electron chi connectivity index (χ0n) is 11.5. The maximum absolute atomic E-state index is 13.6. The number of nitrogens with zero attached hydrogens (tertiary/aromatic N) is 1. The Morgan fingerprint density at radius 2 is 1.90 bits per heavy atom. The zero-order valence-corrected chi connectivity index (χ0v) is 11.5. The molecule has 1 unspecified atom stereocenters. The van der Waals surface area contributed by atoms with Gasteiger partial charge in [-0.2, -0.15) is 0 Å². The standard InChI is InChI=1S/C14H15FN2O4/c1-9(10-5-3-4-6-11(10)15)17(2)14(21)16-12(18)7-8-13(19)20/h3-9H,1-2H3,(H,19,20)(H,16,18,21). The SMILES string of the molecule is CC(c1ccccc1F)N(C)C(=O)NC(=O)C=CC(=O)O. The van der Waals surface area contributed by atoms with Gasteiger partial charge < -0.3 is 10.0 Å². The number of aliphatic carboxylic acids is 1. The minimum absolute atomic E-state index is 0.309. The lowest BCUT2D eigenvalue weighted by atomic mass is 10.1. The third-order valence-electron chi connectivity index (χ3n) is 2.86. The van der Waals surface area contributed by atoms with Gasteiger partial charge in [-0.1, -0.05) is 18.2 Å². The highest BCUT2D eigenvalue weighted by atomic mass is 19.1. The van der Waals surface area contributed by atoms with Crippen molar-refractivity contribution < 1.29 is 23.9 Å². The zero-order chi connectivity index (χ0) is 16.0. The number of carbonyl (C=O) groups is 3. The summed E-state index contributed by atoms with van der Waals surface area (Å²) in [5, 5.41) is 10.3. The lowest BCUT2D eigenvalue weighted by Gasteiger charge is -2.25. The van der Waals surface area contributed by atoms with Crippen molar-refractivity contribution in [2.45, 2.75) is 13.0 Å². The number of carboxylic acids is 1. The fourth-order valence-corrected chi connectivity index (χ4v) is 1.58. The molecule has 2 N–H and O–H groups in total. The third-order valence-corrected chi connectivity index (χ3v) is 2.86. The molecule has 0 saturated carbocycles. The van der Waals surface area contributed by atoms with Crippen LogP contribution in [-0.2, 0) is 9.59 Å². The number of amides is 3. The van der Waals surface area contributed by atoms with E-state index in [2.05, 4.69) is 0 Å². The van der Waals surface area contributed by atoms with Crippen molar-refractivity contribution in [2.75, 3.05) is 7.05 Å². The van der Waals surface area contributed by atoms with Crippen LogP contribution in [0.2, 0.25) is 0 Å². The van der Waals surface area contributed by atoms with Crippen molar-refractivity contribution in [1.82, 2.24) is 10.2 Å². The Labute approximate surface area is 120 Å². The molecule has 0 aliphatic heterocycles.